The molecule has 0 aliphatic heterocycles. The molecule has 2 aromatic rings. The van der Waals surface area contributed by atoms with Crippen LogP contribution in [0.15, 0.2) is 48.5 Å². The molecule has 2 aromatic carbocycles. The molecule has 0 aromatic heterocycles. The van der Waals surface area contributed by atoms with Crippen LogP contribution in [0.3, 0.4) is 0 Å². The lowest BCUT2D eigenvalue weighted by Gasteiger charge is -2.11. The van der Waals surface area contributed by atoms with Crippen molar-refractivity contribution < 1.29 is 23.9 Å². The van der Waals surface area contributed by atoms with Gasteiger partial charge in [0.1, 0.15) is 5.75 Å². The van der Waals surface area contributed by atoms with Crippen molar-refractivity contribution in [1.29, 1.82) is 0 Å². The normalized spacial score (nSPS) is 10.3. The molecule has 140 valence electrons. The maximum atomic E-state index is 12.1. The van der Waals surface area contributed by atoms with E-state index in [4.69, 9.17) is 4.74 Å². The summed E-state index contributed by atoms with van der Waals surface area (Å²) in [7, 11) is 2.81. The summed E-state index contributed by atoms with van der Waals surface area (Å²) in [5, 5.41) is 5.35. The van der Waals surface area contributed by atoms with Crippen LogP contribution in [0.25, 0.3) is 6.08 Å². The highest BCUT2D eigenvalue weighted by Crippen LogP contribution is 2.27. The van der Waals surface area contributed by atoms with Gasteiger partial charge in [0.05, 0.1) is 25.5 Å². The number of hydrogen-bond donors (Lipinski definition) is 2. The van der Waals surface area contributed by atoms with Gasteiger partial charge >= 0.3 is 5.97 Å². The SMILES string of the molecule is COC(=O)c1ccc(/C=C/C(=O)Nc2ccc(OC)c(NC(C)=O)c2)cc1. The second-order valence-corrected chi connectivity index (χ2v) is 5.53. The molecule has 0 aliphatic carbocycles. The fourth-order valence-corrected chi connectivity index (χ4v) is 2.28. The molecule has 0 spiro atoms. The Morgan fingerprint density at radius 1 is 0.963 bits per heavy atom. The minimum Gasteiger partial charge on any atom is -0.495 e. The van der Waals surface area contributed by atoms with Gasteiger partial charge in [0.25, 0.3) is 0 Å². The molecule has 2 rings (SSSR count). The van der Waals surface area contributed by atoms with Crippen molar-refractivity contribution in [3.05, 3.63) is 59.7 Å². The zero-order chi connectivity index (χ0) is 19.8. The zero-order valence-corrected chi connectivity index (χ0v) is 15.2. The van der Waals surface area contributed by atoms with Gasteiger partial charge < -0.3 is 20.1 Å². The van der Waals surface area contributed by atoms with Crippen LogP contribution < -0.4 is 15.4 Å². The van der Waals surface area contributed by atoms with Crippen molar-refractivity contribution in [1.82, 2.24) is 0 Å². The van der Waals surface area contributed by atoms with E-state index in [2.05, 4.69) is 15.4 Å². The van der Waals surface area contributed by atoms with Gasteiger partial charge in [-0.05, 0) is 42.0 Å². The minimum atomic E-state index is -0.419. The summed E-state index contributed by atoms with van der Waals surface area (Å²) in [4.78, 5) is 34.8. The molecule has 0 saturated carbocycles. The van der Waals surface area contributed by atoms with Gasteiger partial charge in [-0.15, -0.1) is 0 Å². The number of ether oxygens (including phenoxy) is 2. The summed E-state index contributed by atoms with van der Waals surface area (Å²) in [6.45, 7) is 1.39. The number of amides is 2. The molecule has 0 unspecified atom stereocenters. The van der Waals surface area contributed by atoms with Gasteiger partial charge in [0, 0.05) is 18.7 Å². The van der Waals surface area contributed by atoms with Crippen LogP contribution in [-0.4, -0.2) is 32.0 Å². The number of anilines is 2. The maximum Gasteiger partial charge on any atom is 0.337 e. The molecule has 27 heavy (non-hydrogen) atoms. The Hall–Kier alpha value is -3.61. The summed E-state index contributed by atoms with van der Waals surface area (Å²) in [6, 6.07) is 11.6. The van der Waals surface area contributed by atoms with Crippen LogP contribution in [0.5, 0.6) is 5.75 Å². The topological polar surface area (TPSA) is 93.7 Å². The number of nitrogens with one attached hydrogen (secondary N) is 2. The van der Waals surface area contributed by atoms with Crippen molar-refractivity contribution in [3.63, 3.8) is 0 Å². The standard InChI is InChI=1S/C20H20N2O5/c1-13(23)21-17-12-16(9-10-18(17)26-2)22-19(24)11-6-14-4-7-15(8-5-14)20(25)27-3/h4-12H,1-3H3,(H,21,23)(H,22,24)/b11-6+. The molecule has 2 amide bonds. The second-order valence-electron chi connectivity index (χ2n) is 5.53. The molecule has 0 fully saturated rings. The van der Waals surface area contributed by atoms with Gasteiger partial charge in [-0.3, -0.25) is 9.59 Å². The minimum absolute atomic E-state index is 0.243. The first kappa shape index (κ1) is 19.7. The summed E-state index contributed by atoms with van der Waals surface area (Å²) in [5.74, 6) is -0.514. The van der Waals surface area contributed by atoms with E-state index < -0.39 is 5.97 Å². The number of benzene rings is 2. The molecule has 0 atom stereocenters. The highest BCUT2D eigenvalue weighted by atomic mass is 16.5. The van der Waals surface area contributed by atoms with Gasteiger partial charge in [-0.2, -0.15) is 0 Å². The molecule has 7 heteroatoms. The van der Waals surface area contributed by atoms with Crippen LogP contribution >= 0.6 is 0 Å². The first-order valence-corrected chi connectivity index (χ1v) is 8.06. The third-order valence-electron chi connectivity index (χ3n) is 3.54. The fraction of sp³-hybridized carbons (Fsp3) is 0.150. The first-order chi connectivity index (χ1) is 12.9. The zero-order valence-electron chi connectivity index (χ0n) is 15.2. The summed E-state index contributed by atoms with van der Waals surface area (Å²) in [5.41, 5.74) is 2.16. The molecular weight excluding hydrogens is 348 g/mol. The van der Waals surface area contributed by atoms with Crippen molar-refractivity contribution in [2.45, 2.75) is 6.92 Å². The average molecular weight is 368 g/mol. The lowest BCUT2D eigenvalue weighted by Crippen LogP contribution is -2.10. The van der Waals surface area contributed by atoms with Crippen LogP contribution in [0.4, 0.5) is 11.4 Å². The number of esters is 1. The monoisotopic (exact) mass is 368 g/mol. The Kier molecular flexibility index (Phi) is 6.71. The molecule has 0 aliphatic rings. The third kappa shape index (κ3) is 5.71. The fourth-order valence-electron chi connectivity index (χ4n) is 2.28. The predicted octanol–water partition coefficient (Wildman–Crippen LogP) is 3.09. The molecular formula is C20H20N2O5. The maximum absolute atomic E-state index is 12.1. The Morgan fingerprint density at radius 3 is 2.26 bits per heavy atom. The van der Waals surface area contributed by atoms with E-state index >= 15 is 0 Å². The number of methoxy groups -OCH3 is 2. The Balaban J connectivity index is 2.05. The average Bonchev–Trinajstić information content (AvgIpc) is 2.66. The van der Waals surface area contributed by atoms with Crippen LogP contribution in [-0.2, 0) is 14.3 Å². The van der Waals surface area contributed by atoms with E-state index in [1.54, 1.807) is 48.5 Å². The van der Waals surface area contributed by atoms with Crippen LogP contribution in [0.2, 0.25) is 0 Å². The summed E-state index contributed by atoms with van der Waals surface area (Å²) >= 11 is 0. The quantitative estimate of drug-likeness (QED) is 0.604. The Morgan fingerprint density at radius 2 is 1.67 bits per heavy atom. The van der Waals surface area contributed by atoms with E-state index in [1.165, 1.54) is 27.2 Å². The largest absolute Gasteiger partial charge is 0.495 e. The molecule has 0 radical (unpaired) electrons. The van der Waals surface area contributed by atoms with E-state index in [1.807, 2.05) is 0 Å². The Labute approximate surface area is 157 Å². The highest BCUT2D eigenvalue weighted by molar-refractivity contribution is 6.02. The lowest BCUT2D eigenvalue weighted by molar-refractivity contribution is -0.114. The molecule has 7 nitrogen and oxygen atoms in total. The van der Waals surface area contributed by atoms with E-state index in [9.17, 15) is 14.4 Å². The first-order valence-electron chi connectivity index (χ1n) is 8.06. The third-order valence-corrected chi connectivity index (χ3v) is 3.54. The van der Waals surface area contributed by atoms with E-state index in [0.717, 1.165) is 5.56 Å². The smallest absolute Gasteiger partial charge is 0.337 e. The lowest BCUT2D eigenvalue weighted by atomic mass is 10.1. The Bertz CT molecular complexity index is 872. The van der Waals surface area contributed by atoms with Gasteiger partial charge in [0.2, 0.25) is 11.8 Å². The molecule has 0 saturated heterocycles. The second kappa shape index (κ2) is 9.19. The van der Waals surface area contributed by atoms with E-state index in [-0.39, 0.29) is 11.8 Å². The van der Waals surface area contributed by atoms with E-state index in [0.29, 0.717) is 22.7 Å². The summed E-state index contributed by atoms with van der Waals surface area (Å²) in [6.07, 6.45) is 2.99. The van der Waals surface area contributed by atoms with Crippen LogP contribution in [0.1, 0.15) is 22.8 Å². The highest BCUT2D eigenvalue weighted by Gasteiger charge is 2.07. The van der Waals surface area contributed by atoms with Crippen molar-refractivity contribution >= 4 is 35.2 Å². The number of hydrogen-bond acceptors (Lipinski definition) is 5. The summed E-state index contributed by atoms with van der Waals surface area (Å²) < 4.78 is 9.81. The van der Waals surface area contributed by atoms with Gasteiger partial charge in [-0.1, -0.05) is 12.1 Å². The number of rotatable bonds is 6. The predicted molar refractivity (Wildman–Crippen MR) is 103 cm³/mol. The van der Waals surface area contributed by atoms with Crippen molar-refractivity contribution in [2.75, 3.05) is 24.9 Å². The van der Waals surface area contributed by atoms with Gasteiger partial charge in [-0.25, -0.2) is 4.79 Å². The van der Waals surface area contributed by atoms with Crippen molar-refractivity contribution in [2.24, 2.45) is 0 Å². The molecule has 2 N–H and O–H groups in total. The molecule has 0 bridgehead atoms. The van der Waals surface area contributed by atoms with Gasteiger partial charge in [0.15, 0.2) is 0 Å². The van der Waals surface area contributed by atoms with Crippen molar-refractivity contribution in [3.8, 4) is 5.75 Å². The van der Waals surface area contributed by atoms with Crippen LogP contribution in [0, 0.1) is 0 Å². The number of carbonyl (C=O) groups is 3. The molecule has 0 heterocycles. The number of carbonyl (C=O) groups excluding carboxylic acids is 3.